The molecular formula is C18H20N4O3S2. The molecule has 0 spiro atoms. The van der Waals surface area contributed by atoms with Gasteiger partial charge in [-0.15, -0.1) is 0 Å². The molecule has 142 valence electrons. The van der Waals surface area contributed by atoms with Crippen molar-refractivity contribution < 1.29 is 13.2 Å². The molecule has 0 radical (unpaired) electrons. The van der Waals surface area contributed by atoms with Crippen LogP contribution in [0.1, 0.15) is 34.6 Å². The second kappa shape index (κ2) is 8.17. The number of benzene rings is 1. The first-order chi connectivity index (χ1) is 12.9. The Hall–Kier alpha value is -2.28. The van der Waals surface area contributed by atoms with Gasteiger partial charge in [0.25, 0.3) is 5.91 Å². The van der Waals surface area contributed by atoms with Crippen molar-refractivity contribution in [3.05, 3.63) is 53.3 Å². The van der Waals surface area contributed by atoms with Crippen LogP contribution in [0.2, 0.25) is 0 Å². The lowest BCUT2D eigenvalue weighted by Gasteiger charge is -2.24. The summed E-state index contributed by atoms with van der Waals surface area (Å²) in [6.07, 6.45) is 1.36. The number of carbonyl (C=O) groups excluding carboxylic acids is 1. The largest absolute Gasteiger partial charge is 0.356 e. The molecule has 1 aromatic heterocycles. The summed E-state index contributed by atoms with van der Waals surface area (Å²) in [6.45, 7) is 2.79. The van der Waals surface area contributed by atoms with E-state index < -0.39 is 10.0 Å². The molecule has 0 aliphatic carbocycles. The number of rotatable bonds is 5. The highest BCUT2D eigenvalue weighted by Crippen LogP contribution is 2.21. The van der Waals surface area contributed by atoms with E-state index in [1.165, 1.54) is 16.6 Å². The minimum Gasteiger partial charge on any atom is -0.356 e. The number of nitrogens with one attached hydrogen (secondary N) is 2. The van der Waals surface area contributed by atoms with Crippen molar-refractivity contribution in [2.24, 2.45) is 0 Å². The van der Waals surface area contributed by atoms with Crippen molar-refractivity contribution in [3.63, 3.8) is 0 Å². The summed E-state index contributed by atoms with van der Waals surface area (Å²) in [5.74, 6) is 1.17. The number of hydrogen-bond acceptors (Lipinski definition) is 5. The first-order valence-electron chi connectivity index (χ1n) is 8.49. The average Bonchev–Trinajstić information content (AvgIpc) is 3.20. The molecule has 2 aromatic rings. The van der Waals surface area contributed by atoms with Gasteiger partial charge in [-0.25, -0.2) is 8.42 Å². The van der Waals surface area contributed by atoms with E-state index in [-0.39, 0.29) is 22.5 Å². The first kappa shape index (κ1) is 19.5. The van der Waals surface area contributed by atoms with Crippen LogP contribution in [0.5, 0.6) is 0 Å². The molecule has 1 aliphatic rings. The molecular weight excluding hydrogens is 384 g/mol. The third-order valence-corrected chi connectivity index (χ3v) is 7.22. The Bertz CT molecular complexity index is 955. The number of carbonyl (C=O) groups is 1. The van der Waals surface area contributed by atoms with Crippen LogP contribution in [0.15, 0.2) is 41.4 Å². The van der Waals surface area contributed by atoms with Gasteiger partial charge in [-0.2, -0.15) is 21.3 Å². The summed E-state index contributed by atoms with van der Waals surface area (Å²) >= 11 is 1.73. The maximum Gasteiger partial charge on any atom is 0.268 e. The summed E-state index contributed by atoms with van der Waals surface area (Å²) in [7, 11) is -3.58. The zero-order chi connectivity index (χ0) is 19.4. The van der Waals surface area contributed by atoms with Crippen LogP contribution in [0.3, 0.4) is 0 Å². The molecule has 1 atom stereocenters. The number of amides is 1. The van der Waals surface area contributed by atoms with Crippen LogP contribution >= 0.6 is 11.8 Å². The zero-order valence-corrected chi connectivity index (χ0v) is 16.4. The van der Waals surface area contributed by atoms with E-state index in [4.69, 9.17) is 5.26 Å². The smallest absolute Gasteiger partial charge is 0.268 e. The zero-order valence-electron chi connectivity index (χ0n) is 14.8. The SMILES string of the molecule is CC(NC(=O)c1cc(S(=O)(=O)N2CCSCC2)c[nH]1)c1ccc(C#N)cc1. The molecule has 3 rings (SSSR count). The summed E-state index contributed by atoms with van der Waals surface area (Å²) in [5, 5.41) is 11.7. The van der Waals surface area contributed by atoms with Crippen LogP contribution in [-0.2, 0) is 10.0 Å². The van der Waals surface area contributed by atoms with Crippen LogP contribution in [0, 0.1) is 11.3 Å². The minimum atomic E-state index is -3.58. The number of hydrogen-bond donors (Lipinski definition) is 2. The number of nitriles is 1. The summed E-state index contributed by atoms with van der Waals surface area (Å²) in [5.41, 5.74) is 1.60. The molecule has 1 saturated heterocycles. The van der Waals surface area contributed by atoms with Crippen molar-refractivity contribution in [3.8, 4) is 6.07 Å². The van der Waals surface area contributed by atoms with Crippen molar-refractivity contribution in [1.82, 2.24) is 14.6 Å². The lowest BCUT2D eigenvalue weighted by Crippen LogP contribution is -2.37. The van der Waals surface area contributed by atoms with E-state index in [0.717, 1.165) is 17.1 Å². The predicted octanol–water partition coefficient (Wildman–Crippen LogP) is 2.11. The van der Waals surface area contributed by atoms with E-state index in [1.807, 2.05) is 13.0 Å². The molecule has 0 bridgehead atoms. The van der Waals surface area contributed by atoms with Gasteiger partial charge in [0, 0.05) is 30.8 Å². The highest BCUT2D eigenvalue weighted by Gasteiger charge is 2.28. The standard InChI is InChI=1S/C18H20N4O3S2/c1-13(15-4-2-14(11-19)3-5-15)21-18(23)17-10-16(12-20-17)27(24,25)22-6-8-26-9-7-22/h2-5,10,12-13,20H,6-9H2,1H3,(H,21,23). The van der Waals surface area contributed by atoms with Crippen LogP contribution in [-0.4, -0.2) is 48.2 Å². The molecule has 2 N–H and O–H groups in total. The van der Waals surface area contributed by atoms with Crippen molar-refractivity contribution in [1.29, 1.82) is 5.26 Å². The van der Waals surface area contributed by atoms with Gasteiger partial charge in [0.05, 0.1) is 17.7 Å². The fourth-order valence-corrected chi connectivity index (χ4v) is 5.36. The van der Waals surface area contributed by atoms with Gasteiger partial charge in [-0.3, -0.25) is 4.79 Å². The van der Waals surface area contributed by atoms with E-state index in [2.05, 4.69) is 10.3 Å². The number of aromatic nitrogens is 1. The topological polar surface area (TPSA) is 106 Å². The Morgan fingerprint density at radius 2 is 1.96 bits per heavy atom. The Kier molecular flexibility index (Phi) is 5.89. The molecule has 1 aliphatic heterocycles. The first-order valence-corrected chi connectivity index (χ1v) is 11.1. The molecule has 0 saturated carbocycles. The van der Waals surface area contributed by atoms with E-state index in [0.29, 0.717) is 18.7 Å². The third-order valence-electron chi connectivity index (χ3n) is 4.40. The fraction of sp³-hybridized carbons (Fsp3) is 0.333. The van der Waals surface area contributed by atoms with E-state index in [9.17, 15) is 13.2 Å². The van der Waals surface area contributed by atoms with Crippen molar-refractivity contribution in [2.75, 3.05) is 24.6 Å². The molecule has 27 heavy (non-hydrogen) atoms. The van der Waals surface area contributed by atoms with Gasteiger partial charge in [0.1, 0.15) is 10.6 Å². The van der Waals surface area contributed by atoms with Crippen LogP contribution in [0.4, 0.5) is 0 Å². The molecule has 1 unspecified atom stereocenters. The lowest BCUT2D eigenvalue weighted by atomic mass is 10.1. The number of nitrogens with zero attached hydrogens (tertiary/aromatic N) is 2. The number of aromatic amines is 1. The lowest BCUT2D eigenvalue weighted by molar-refractivity contribution is 0.0935. The second-order valence-electron chi connectivity index (χ2n) is 6.19. The average molecular weight is 405 g/mol. The molecule has 1 aromatic carbocycles. The van der Waals surface area contributed by atoms with Gasteiger partial charge < -0.3 is 10.3 Å². The van der Waals surface area contributed by atoms with Gasteiger partial charge in [0.2, 0.25) is 10.0 Å². The third kappa shape index (κ3) is 4.35. The van der Waals surface area contributed by atoms with Crippen molar-refractivity contribution in [2.45, 2.75) is 17.9 Å². The molecule has 1 amide bonds. The van der Waals surface area contributed by atoms with Gasteiger partial charge >= 0.3 is 0 Å². The van der Waals surface area contributed by atoms with Gasteiger partial charge in [-0.1, -0.05) is 12.1 Å². The normalized spacial score (nSPS) is 16.4. The molecule has 7 nitrogen and oxygen atoms in total. The monoisotopic (exact) mass is 404 g/mol. The van der Waals surface area contributed by atoms with Crippen LogP contribution < -0.4 is 5.32 Å². The second-order valence-corrected chi connectivity index (χ2v) is 9.36. The molecule has 1 fully saturated rings. The number of sulfonamides is 1. The maximum absolute atomic E-state index is 12.7. The van der Waals surface area contributed by atoms with Crippen molar-refractivity contribution >= 4 is 27.7 Å². The summed E-state index contributed by atoms with van der Waals surface area (Å²) in [6, 6.07) is 10.1. The Labute approximate surface area is 162 Å². The summed E-state index contributed by atoms with van der Waals surface area (Å²) < 4.78 is 26.8. The maximum atomic E-state index is 12.7. The Morgan fingerprint density at radius 3 is 2.59 bits per heavy atom. The van der Waals surface area contributed by atoms with Gasteiger partial charge in [0.15, 0.2) is 0 Å². The number of H-pyrrole nitrogens is 1. The van der Waals surface area contributed by atoms with E-state index >= 15 is 0 Å². The highest BCUT2D eigenvalue weighted by atomic mass is 32.2. The Morgan fingerprint density at radius 1 is 1.30 bits per heavy atom. The van der Waals surface area contributed by atoms with E-state index in [1.54, 1.807) is 36.0 Å². The predicted molar refractivity (Wildman–Crippen MR) is 104 cm³/mol. The quantitative estimate of drug-likeness (QED) is 0.794. The highest BCUT2D eigenvalue weighted by molar-refractivity contribution is 7.99. The number of thioether (sulfide) groups is 1. The fourth-order valence-electron chi connectivity index (χ4n) is 2.79. The Balaban J connectivity index is 1.70. The minimum absolute atomic E-state index is 0.102. The molecule has 9 heteroatoms. The summed E-state index contributed by atoms with van der Waals surface area (Å²) in [4.78, 5) is 15.3. The van der Waals surface area contributed by atoms with Gasteiger partial charge in [-0.05, 0) is 30.7 Å². The van der Waals surface area contributed by atoms with Crippen LogP contribution in [0.25, 0.3) is 0 Å². The molecule has 2 heterocycles.